The van der Waals surface area contributed by atoms with Crippen molar-refractivity contribution in [3.63, 3.8) is 0 Å². The molecule has 1 unspecified atom stereocenters. The number of fused-ring (bicyclic) bond motifs is 1. The SMILES string of the molecule is COc1cc(-n2ccc(C)n2)cc2c(NC(C)c3ccc(C)nn3)ncnc12. The molecular formula is C20H21N7O. The fourth-order valence-corrected chi connectivity index (χ4v) is 3.00. The number of ether oxygens (including phenoxy) is 1. The number of nitrogens with one attached hydrogen (secondary N) is 1. The molecule has 8 nitrogen and oxygen atoms in total. The Hall–Kier alpha value is -3.55. The molecule has 0 saturated heterocycles. The van der Waals surface area contributed by atoms with E-state index in [1.54, 1.807) is 7.11 Å². The number of nitrogens with zero attached hydrogens (tertiary/aromatic N) is 6. The van der Waals surface area contributed by atoms with Crippen molar-refractivity contribution < 1.29 is 4.74 Å². The Kier molecular flexibility index (Phi) is 4.60. The summed E-state index contributed by atoms with van der Waals surface area (Å²) in [5.41, 5.74) is 4.26. The normalized spacial score (nSPS) is 12.1. The zero-order valence-corrected chi connectivity index (χ0v) is 16.2. The summed E-state index contributed by atoms with van der Waals surface area (Å²) in [5.74, 6) is 1.36. The fourth-order valence-electron chi connectivity index (χ4n) is 3.00. The third-order valence-electron chi connectivity index (χ3n) is 4.51. The van der Waals surface area contributed by atoms with Crippen molar-refractivity contribution in [1.82, 2.24) is 29.9 Å². The summed E-state index contributed by atoms with van der Waals surface area (Å²) in [6, 6.07) is 9.70. The molecule has 0 aliphatic carbocycles. The van der Waals surface area contributed by atoms with Crippen molar-refractivity contribution in [2.45, 2.75) is 26.8 Å². The lowest BCUT2D eigenvalue weighted by Crippen LogP contribution is -2.11. The van der Waals surface area contributed by atoms with Crippen molar-refractivity contribution >= 4 is 16.7 Å². The Balaban J connectivity index is 1.78. The first-order valence-corrected chi connectivity index (χ1v) is 8.97. The topological polar surface area (TPSA) is 90.6 Å². The molecule has 4 rings (SSSR count). The van der Waals surface area contributed by atoms with Crippen LogP contribution in [0.15, 0.2) is 42.9 Å². The van der Waals surface area contributed by atoms with Gasteiger partial charge < -0.3 is 10.1 Å². The van der Waals surface area contributed by atoms with E-state index in [0.29, 0.717) is 11.6 Å². The summed E-state index contributed by atoms with van der Waals surface area (Å²) in [5, 5.41) is 17.1. The quantitative estimate of drug-likeness (QED) is 0.571. The Morgan fingerprint density at radius 2 is 1.89 bits per heavy atom. The summed E-state index contributed by atoms with van der Waals surface area (Å²) < 4.78 is 7.38. The monoisotopic (exact) mass is 375 g/mol. The third-order valence-corrected chi connectivity index (χ3v) is 4.51. The van der Waals surface area contributed by atoms with Crippen molar-refractivity contribution in [2.75, 3.05) is 12.4 Å². The lowest BCUT2D eigenvalue weighted by atomic mass is 10.1. The van der Waals surface area contributed by atoms with E-state index >= 15 is 0 Å². The van der Waals surface area contributed by atoms with Gasteiger partial charge in [-0.25, -0.2) is 14.6 Å². The molecule has 0 radical (unpaired) electrons. The molecule has 0 aliphatic rings. The highest BCUT2D eigenvalue weighted by molar-refractivity contribution is 5.94. The number of benzene rings is 1. The van der Waals surface area contributed by atoms with Gasteiger partial charge in [0, 0.05) is 17.6 Å². The van der Waals surface area contributed by atoms with Gasteiger partial charge in [-0.1, -0.05) is 0 Å². The van der Waals surface area contributed by atoms with E-state index in [-0.39, 0.29) is 6.04 Å². The Labute approximate surface area is 162 Å². The van der Waals surface area contributed by atoms with Crippen LogP contribution in [-0.2, 0) is 0 Å². The zero-order chi connectivity index (χ0) is 19.7. The smallest absolute Gasteiger partial charge is 0.147 e. The van der Waals surface area contributed by atoms with Crippen molar-refractivity contribution in [3.05, 3.63) is 59.9 Å². The largest absolute Gasteiger partial charge is 0.494 e. The molecule has 1 aromatic carbocycles. The van der Waals surface area contributed by atoms with Crippen molar-refractivity contribution in [3.8, 4) is 11.4 Å². The molecule has 0 saturated carbocycles. The molecule has 4 aromatic rings. The highest BCUT2D eigenvalue weighted by Gasteiger charge is 2.15. The molecule has 1 atom stereocenters. The van der Waals surface area contributed by atoms with E-state index in [2.05, 4.69) is 30.6 Å². The van der Waals surface area contributed by atoms with Crippen LogP contribution in [0.4, 0.5) is 5.82 Å². The van der Waals surface area contributed by atoms with Crippen LogP contribution < -0.4 is 10.1 Å². The van der Waals surface area contributed by atoms with E-state index in [4.69, 9.17) is 4.74 Å². The molecule has 8 heteroatoms. The van der Waals surface area contributed by atoms with Crippen LogP contribution in [0.1, 0.15) is 30.0 Å². The van der Waals surface area contributed by atoms with Crippen LogP contribution in [0.5, 0.6) is 5.75 Å². The standard InChI is InChI=1S/C20H21N7O/c1-12-5-6-17(25-24-12)14(3)23-20-16-9-15(27-8-7-13(2)26-27)10-18(28-4)19(16)21-11-22-20/h5-11,14H,1-4H3,(H,21,22,23). The predicted octanol–water partition coefficient (Wildman–Crippen LogP) is 3.40. The summed E-state index contributed by atoms with van der Waals surface area (Å²) in [4.78, 5) is 8.86. The lowest BCUT2D eigenvalue weighted by molar-refractivity contribution is 0.418. The van der Waals surface area contributed by atoms with Crippen molar-refractivity contribution in [1.29, 1.82) is 0 Å². The van der Waals surface area contributed by atoms with Crippen LogP contribution in [0.25, 0.3) is 16.6 Å². The highest BCUT2D eigenvalue weighted by Crippen LogP contribution is 2.32. The summed E-state index contributed by atoms with van der Waals surface area (Å²) in [7, 11) is 1.63. The van der Waals surface area contributed by atoms with Crippen LogP contribution in [0, 0.1) is 13.8 Å². The maximum Gasteiger partial charge on any atom is 0.147 e. The molecule has 3 aromatic heterocycles. The number of hydrogen-bond donors (Lipinski definition) is 1. The van der Waals surface area contributed by atoms with Crippen LogP contribution in [0.2, 0.25) is 0 Å². The van der Waals surface area contributed by atoms with Crippen LogP contribution in [0.3, 0.4) is 0 Å². The molecule has 0 aliphatic heterocycles. The average Bonchev–Trinajstić information content (AvgIpc) is 3.14. The number of aromatic nitrogens is 6. The Morgan fingerprint density at radius 1 is 1.04 bits per heavy atom. The lowest BCUT2D eigenvalue weighted by Gasteiger charge is -2.16. The third kappa shape index (κ3) is 3.36. The van der Waals surface area contributed by atoms with E-state index < -0.39 is 0 Å². The van der Waals surface area contributed by atoms with Gasteiger partial charge in [-0.05, 0) is 45.0 Å². The number of anilines is 1. The van der Waals surface area contributed by atoms with E-state index in [9.17, 15) is 0 Å². The van der Waals surface area contributed by atoms with Gasteiger partial charge in [-0.3, -0.25) is 0 Å². The second kappa shape index (κ2) is 7.22. The summed E-state index contributed by atoms with van der Waals surface area (Å²) >= 11 is 0. The highest BCUT2D eigenvalue weighted by atomic mass is 16.5. The van der Waals surface area contributed by atoms with Gasteiger partial charge in [0.15, 0.2) is 0 Å². The van der Waals surface area contributed by atoms with Crippen molar-refractivity contribution in [2.24, 2.45) is 0 Å². The van der Waals surface area contributed by atoms with Gasteiger partial charge in [0.1, 0.15) is 23.4 Å². The maximum atomic E-state index is 5.57. The first kappa shape index (κ1) is 17.8. The minimum absolute atomic E-state index is 0.0761. The Morgan fingerprint density at radius 3 is 2.57 bits per heavy atom. The first-order valence-electron chi connectivity index (χ1n) is 8.97. The average molecular weight is 375 g/mol. The van der Waals surface area contributed by atoms with Crippen LogP contribution in [-0.4, -0.2) is 37.1 Å². The van der Waals surface area contributed by atoms with E-state index in [1.807, 2.05) is 62.0 Å². The molecule has 0 bridgehead atoms. The molecule has 0 fully saturated rings. The van der Waals surface area contributed by atoms with Gasteiger partial charge in [-0.15, -0.1) is 0 Å². The number of aryl methyl sites for hydroxylation is 2. The molecule has 1 N–H and O–H groups in total. The second-order valence-corrected chi connectivity index (χ2v) is 6.63. The van der Waals surface area contributed by atoms with Gasteiger partial charge >= 0.3 is 0 Å². The minimum Gasteiger partial charge on any atom is -0.494 e. The predicted molar refractivity (Wildman–Crippen MR) is 107 cm³/mol. The van der Waals surface area contributed by atoms with E-state index in [1.165, 1.54) is 6.33 Å². The molecule has 0 amide bonds. The fraction of sp³-hybridized carbons (Fsp3) is 0.250. The number of hydrogen-bond acceptors (Lipinski definition) is 7. The molecule has 0 spiro atoms. The summed E-state index contributed by atoms with van der Waals surface area (Å²) in [6.45, 7) is 5.89. The van der Waals surface area contributed by atoms with Gasteiger partial charge in [0.25, 0.3) is 0 Å². The molecule has 3 heterocycles. The van der Waals surface area contributed by atoms with Gasteiger partial charge in [0.05, 0.1) is 35.9 Å². The Bertz CT molecular complexity index is 1120. The molecule has 142 valence electrons. The number of methoxy groups -OCH3 is 1. The van der Waals surface area contributed by atoms with E-state index in [0.717, 1.165) is 33.7 Å². The number of rotatable bonds is 5. The minimum atomic E-state index is -0.0761. The van der Waals surface area contributed by atoms with Crippen LogP contribution >= 0.6 is 0 Å². The van der Waals surface area contributed by atoms with Gasteiger partial charge in [-0.2, -0.15) is 15.3 Å². The summed E-state index contributed by atoms with van der Waals surface area (Å²) in [6.07, 6.45) is 3.44. The zero-order valence-electron chi connectivity index (χ0n) is 16.2. The molecule has 28 heavy (non-hydrogen) atoms. The van der Waals surface area contributed by atoms with Gasteiger partial charge in [0.2, 0.25) is 0 Å². The molecular weight excluding hydrogens is 354 g/mol. The maximum absolute atomic E-state index is 5.57. The first-order chi connectivity index (χ1) is 13.5. The second-order valence-electron chi connectivity index (χ2n) is 6.63.